The monoisotopic (exact) mass is 350 g/mol. The van der Waals surface area contributed by atoms with Gasteiger partial charge in [0.15, 0.2) is 12.0 Å². The number of benzene rings is 1. The molecule has 0 aliphatic carbocycles. The molecule has 1 aromatic carbocycles. The molecule has 1 aromatic heterocycles. The van der Waals surface area contributed by atoms with Gasteiger partial charge in [0.2, 0.25) is 5.82 Å². The minimum absolute atomic E-state index is 0.0842. The average Bonchev–Trinajstić information content (AvgIpc) is 3.15. The summed E-state index contributed by atoms with van der Waals surface area (Å²) in [5, 5.41) is 4.15. The highest BCUT2D eigenvalue weighted by molar-refractivity contribution is 5.90. The van der Waals surface area contributed by atoms with Crippen LogP contribution < -0.4 is 0 Å². The zero-order valence-corrected chi connectivity index (χ0v) is 13.4. The van der Waals surface area contributed by atoms with E-state index in [1.54, 1.807) is 0 Å². The first-order valence-electron chi connectivity index (χ1n) is 8.27. The zero-order valence-electron chi connectivity index (χ0n) is 13.4. The van der Waals surface area contributed by atoms with Crippen LogP contribution in [0.5, 0.6) is 0 Å². The van der Waals surface area contributed by atoms with Crippen LogP contribution in [-0.2, 0) is 0 Å². The van der Waals surface area contributed by atoms with Gasteiger partial charge in [-0.2, -0.15) is 0 Å². The van der Waals surface area contributed by atoms with Crippen molar-refractivity contribution in [2.24, 2.45) is 0 Å². The Balaban J connectivity index is 1.62. The number of rotatable bonds is 2. The molecule has 5 nitrogen and oxygen atoms in total. The van der Waals surface area contributed by atoms with Crippen molar-refractivity contribution in [1.29, 1.82) is 0 Å². The van der Waals surface area contributed by atoms with Gasteiger partial charge in [-0.05, 0) is 12.0 Å². The van der Waals surface area contributed by atoms with Crippen LogP contribution >= 0.6 is 0 Å². The minimum Gasteiger partial charge on any atom is -0.330 e. The lowest BCUT2D eigenvalue weighted by Gasteiger charge is -2.31. The second-order valence-corrected chi connectivity index (χ2v) is 6.55. The van der Waals surface area contributed by atoms with E-state index in [-0.39, 0.29) is 43.5 Å². The topological polar surface area (TPSA) is 51.0 Å². The number of carbonyl (C=O) groups is 1. The van der Waals surface area contributed by atoms with E-state index >= 15 is 0 Å². The molecule has 8 heteroatoms. The number of carbonyl (C=O) groups excluding carboxylic acids is 1. The van der Waals surface area contributed by atoms with E-state index in [1.807, 2.05) is 30.3 Å². The van der Waals surface area contributed by atoms with Crippen molar-refractivity contribution >= 4 is 5.91 Å². The molecule has 1 fully saturated rings. The molecular weight excluding hydrogens is 333 g/mol. The molecule has 0 bridgehead atoms. The summed E-state index contributed by atoms with van der Waals surface area (Å²) in [7, 11) is 0. The van der Waals surface area contributed by atoms with Crippen molar-refractivity contribution in [1.82, 2.24) is 19.7 Å². The number of piperidine rings is 1. The summed E-state index contributed by atoms with van der Waals surface area (Å²) in [6, 6.07) is 8.93. The van der Waals surface area contributed by atoms with E-state index in [2.05, 4.69) is 10.1 Å². The van der Waals surface area contributed by atoms with E-state index in [4.69, 9.17) is 0 Å². The van der Waals surface area contributed by atoms with Crippen molar-refractivity contribution in [3.8, 4) is 0 Å². The van der Waals surface area contributed by atoms with Crippen molar-refractivity contribution in [3.63, 3.8) is 0 Å². The standard InChI is InChI=1S/C17H17F3N4O/c18-12-9-13(11-5-2-1-3-6-11)24-15(12)21-14(22-24)16(25)23-8-4-7-17(19,20)10-23/h1-3,5-6,12-13H,4,7-10H2/t12-,13-/m0/s1. The van der Waals surface area contributed by atoms with Gasteiger partial charge in [-0.25, -0.2) is 22.8 Å². The highest BCUT2D eigenvalue weighted by Crippen LogP contribution is 2.39. The molecule has 4 rings (SSSR count). The SMILES string of the molecule is O=C(c1nc2n(n1)[C@H](c1ccccc1)C[C@@H]2F)N1CCCC(F)(F)C1. The Morgan fingerprint density at radius 1 is 1.24 bits per heavy atom. The van der Waals surface area contributed by atoms with Gasteiger partial charge in [0.05, 0.1) is 12.6 Å². The second-order valence-electron chi connectivity index (χ2n) is 6.55. The molecule has 0 spiro atoms. The van der Waals surface area contributed by atoms with Gasteiger partial charge in [-0.1, -0.05) is 30.3 Å². The van der Waals surface area contributed by atoms with Crippen LogP contribution in [0.2, 0.25) is 0 Å². The van der Waals surface area contributed by atoms with Gasteiger partial charge < -0.3 is 4.90 Å². The van der Waals surface area contributed by atoms with Crippen molar-refractivity contribution in [2.75, 3.05) is 13.1 Å². The molecule has 2 aromatic rings. The molecule has 132 valence electrons. The number of hydrogen-bond donors (Lipinski definition) is 0. The fourth-order valence-corrected chi connectivity index (χ4v) is 3.50. The molecular formula is C17H17F3N4O. The normalized spacial score (nSPS) is 25.0. The van der Waals surface area contributed by atoms with Crippen molar-refractivity contribution in [3.05, 3.63) is 47.5 Å². The third-order valence-electron chi connectivity index (χ3n) is 4.72. The summed E-state index contributed by atoms with van der Waals surface area (Å²) >= 11 is 0. The number of nitrogens with zero attached hydrogens (tertiary/aromatic N) is 4. The van der Waals surface area contributed by atoms with E-state index in [0.29, 0.717) is 0 Å². The highest BCUT2D eigenvalue weighted by Gasteiger charge is 2.40. The molecule has 3 heterocycles. The Kier molecular flexibility index (Phi) is 3.77. The van der Waals surface area contributed by atoms with Gasteiger partial charge in [-0.3, -0.25) is 4.79 Å². The predicted octanol–water partition coefficient (Wildman–Crippen LogP) is 3.15. The van der Waals surface area contributed by atoms with Crippen LogP contribution in [0.4, 0.5) is 13.2 Å². The first-order valence-corrected chi connectivity index (χ1v) is 8.27. The van der Waals surface area contributed by atoms with Crippen LogP contribution in [0.25, 0.3) is 0 Å². The predicted molar refractivity (Wildman–Crippen MR) is 83.2 cm³/mol. The Hall–Kier alpha value is -2.38. The second kappa shape index (κ2) is 5.86. The average molecular weight is 350 g/mol. The number of amides is 1. The lowest BCUT2D eigenvalue weighted by atomic mass is 10.0. The summed E-state index contributed by atoms with van der Waals surface area (Å²) in [4.78, 5) is 17.5. The van der Waals surface area contributed by atoms with Crippen LogP contribution in [0.3, 0.4) is 0 Å². The smallest absolute Gasteiger partial charge is 0.293 e. The lowest BCUT2D eigenvalue weighted by Crippen LogP contribution is -2.46. The summed E-state index contributed by atoms with van der Waals surface area (Å²) in [5.74, 6) is -3.69. The number of likely N-dealkylation sites (tertiary alicyclic amines) is 1. The zero-order chi connectivity index (χ0) is 17.6. The van der Waals surface area contributed by atoms with E-state index in [0.717, 1.165) is 10.5 Å². The van der Waals surface area contributed by atoms with Gasteiger partial charge in [-0.15, -0.1) is 5.10 Å². The van der Waals surface area contributed by atoms with Crippen molar-refractivity contribution in [2.45, 2.75) is 37.4 Å². The van der Waals surface area contributed by atoms with Gasteiger partial charge >= 0.3 is 0 Å². The number of fused-ring (bicyclic) bond motifs is 1. The molecule has 25 heavy (non-hydrogen) atoms. The summed E-state index contributed by atoms with van der Waals surface area (Å²) in [6.45, 7) is -0.406. The molecule has 0 radical (unpaired) electrons. The summed E-state index contributed by atoms with van der Waals surface area (Å²) < 4.78 is 42.8. The highest BCUT2D eigenvalue weighted by atomic mass is 19.3. The minimum atomic E-state index is -2.90. The molecule has 1 saturated heterocycles. The number of hydrogen-bond acceptors (Lipinski definition) is 3. The fraction of sp³-hybridized carbons (Fsp3) is 0.471. The molecule has 2 aliphatic heterocycles. The summed E-state index contributed by atoms with van der Waals surface area (Å²) in [6.07, 6.45) is -1.13. The Morgan fingerprint density at radius 2 is 2.00 bits per heavy atom. The van der Waals surface area contributed by atoms with E-state index in [9.17, 15) is 18.0 Å². The van der Waals surface area contributed by atoms with E-state index in [1.165, 1.54) is 4.68 Å². The third-order valence-corrected chi connectivity index (χ3v) is 4.72. The molecule has 2 atom stereocenters. The van der Waals surface area contributed by atoms with Gasteiger partial charge in [0, 0.05) is 19.4 Å². The Labute approximate surface area is 142 Å². The maximum absolute atomic E-state index is 14.3. The quantitative estimate of drug-likeness (QED) is 0.836. The number of halogens is 3. The largest absolute Gasteiger partial charge is 0.330 e. The van der Waals surface area contributed by atoms with Gasteiger partial charge in [0.25, 0.3) is 11.8 Å². The van der Waals surface area contributed by atoms with Crippen LogP contribution in [0.1, 0.15) is 53.5 Å². The maximum Gasteiger partial charge on any atom is 0.293 e. The molecule has 0 unspecified atom stereocenters. The number of alkyl halides is 3. The Bertz CT molecular complexity index is 792. The lowest BCUT2D eigenvalue weighted by molar-refractivity contribution is -0.0562. The van der Waals surface area contributed by atoms with Gasteiger partial charge in [0.1, 0.15) is 0 Å². The fourth-order valence-electron chi connectivity index (χ4n) is 3.50. The summed E-state index contributed by atoms with van der Waals surface area (Å²) in [5.41, 5.74) is 0.873. The third kappa shape index (κ3) is 2.89. The van der Waals surface area contributed by atoms with Crippen LogP contribution in [0, 0.1) is 0 Å². The first kappa shape index (κ1) is 16.1. The molecule has 0 saturated carbocycles. The Morgan fingerprint density at radius 3 is 2.72 bits per heavy atom. The van der Waals surface area contributed by atoms with Crippen LogP contribution in [-0.4, -0.2) is 44.6 Å². The van der Waals surface area contributed by atoms with Crippen molar-refractivity contribution < 1.29 is 18.0 Å². The van der Waals surface area contributed by atoms with E-state index < -0.39 is 24.5 Å². The van der Waals surface area contributed by atoms with Crippen LogP contribution in [0.15, 0.2) is 30.3 Å². The number of aromatic nitrogens is 3. The maximum atomic E-state index is 14.3. The molecule has 0 N–H and O–H groups in total. The molecule has 1 amide bonds. The first-order chi connectivity index (χ1) is 11.9. The molecule has 2 aliphatic rings.